The standard InChI is InChI=1S/C20H24F2N6OS3/c1-11-8-27(9-12(2)32(11)29)14-6-13(31-26-20(3)4-5-20)10-28-15(14)7-23-17(28)19-25-24-18(30-19)16(21)22/h6-7,10-12,16,26H,4-5,8-9H2,1-3H3. The van der Waals surface area contributed by atoms with Crippen LogP contribution in [0.15, 0.2) is 23.4 Å². The van der Waals surface area contributed by atoms with E-state index < -0.39 is 17.2 Å². The highest BCUT2D eigenvalue weighted by Gasteiger charge is 2.37. The van der Waals surface area contributed by atoms with Crippen molar-refractivity contribution in [3.8, 4) is 10.8 Å². The van der Waals surface area contributed by atoms with Gasteiger partial charge in [-0.1, -0.05) is 11.3 Å². The van der Waals surface area contributed by atoms with Crippen molar-refractivity contribution in [3.05, 3.63) is 23.5 Å². The molecule has 0 spiro atoms. The molecule has 2 fully saturated rings. The van der Waals surface area contributed by atoms with E-state index in [1.165, 1.54) is 0 Å². The van der Waals surface area contributed by atoms with E-state index >= 15 is 0 Å². The fourth-order valence-corrected chi connectivity index (χ4v) is 6.88. The molecule has 2 atom stereocenters. The summed E-state index contributed by atoms with van der Waals surface area (Å²) in [6.07, 6.45) is 3.33. The first-order valence-electron chi connectivity index (χ1n) is 10.5. The zero-order chi connectivity index (χ0) is 22.6. The van der Waals surface area contributed by atoms with Gasteiger partial charge in [-0.25, -0.2) is 13.8 Å². The van der Waals surface area contributed by atoms with Gasteiger partial charge in [0.25, 0.3) is 6.43 Å². The van der Waals surface area contributed by atoms with Gasteiger partial charge in [-0.15, -0.1) is 10.2 Å². The summed E-state index contributed by atoms with van der Waals surface area (Å²) in [5, 5.41) is 7.73. The molecule has 0 bridgehead atoms. The second kappa shape index (κ2) is 8.30. The number of nitrogens with one attached hydrogen (secondary N) is 1. The minimum Gasteiger partial charge on any atom is -0.367 e. The van der Waals surface area contributed by atoms with E-state index in [-0.39, 0.29) is 21.0 Å². The normalized spacial score (nSPS) is 25.1. The van der Waals surface area contributed by atoms with Gasteiger partial charge in [0.1, 0.15) is 0 Å². The summed E-state index contributed by atoms with van der Waals surface area (Å²) >= 11 is 2.42. The van der Waals surface area contributed by atoms with Crippen LogP contribution in [0.5, 0.6) is 0 Å². The Morgan fingerprint density at radius 1 is 1.28 bits per heavy atom. The summed E-state index contributed by atoms with van der Waals surface area (Å²) < 4.78 is 44.0. The average molecular weight is 499 g/mol. The number of imidazole rings is 1. The van der Waals surface area contributed by atoms with Gasteiger partial charge < -0.3 is 4.90 Å². The van der Waals surface area contributed by atoms with Gasteiger partial charge >= 0.3 is 0 Å². The smallest absolute Gasteiger partial charge is 0.291 e. The maximum absolute atomic E-state index is 13.1. The number of alkyl halides is 2. The molecule has 1 N–H and O–H groups in total. The maximum atomic E-state index is 13.1. The molecular weight excluding hydrogens is 474 g/mol. The number of hydrogen-bond donors (Lipinski definition) is 1. The largest absolute Gasteiger partial charge is 0.367 e. The molecule has 7 nitrogen and oxygen atoms in total. The van der Waals surface area contributed by atoms with Crippen molar-refractivity contribution >= 4 is 45.3 Å². The molecule has 4 heterocycles. The van der Waals surface area contributed by atoms with Crippen LogP contribution < -0.4 is 9.62 Å². The maximum Gasteiger partial charge on any atom is 0.291 e. The number of aromatic nitrogens is 4. The highest BCUT2D eigenvalue weighted by atomic mass is 32.2. The second-order valence-corrected chi connectivity index (χ2v) is 12.9. The van der Waals surface area contributed by atoms with Crippen LogP contribution in [0, 0.1) is 0 Å². The number of fused-ring (bicyclic) bond motifs is 1. The van der Waals surface area contributed by atoms with Crippen LogP contribution in [0.4, 0.5) is 14.5 Å². The van der Waals surface area contributed by atoms with Crippen LogP contribution in [0.1, 0.15) is 45.0 Å². The lowest BCUT2D eigenvalue weighted by Crippen LogP contribution is -2.47. The summed E-state index contributed by atoms with van der Waals surface area (Å²) in [6, 6.07) is 2.13. The van der Waals surface area contributed by atoms with Gasteiger partial charge in [0.05, 0.1) is 17.4 Å². The van der Waals surface area contributed by atoms with Gasteiger partial charge in [-0.2, -0.15) is 0 Å². The number of halogens is 2. The third kappa shape index (κ3) is 4.17. The molecule has 1 saturated heterocycles. The van der Waals surface area contributed by atoms with Crippen LogP contribution in [-0.2, 0) is 10.8 Å². The molecule has 3 aromatic heterocycles. The highest BCUT2D eigenvalue weighted by Crippen LogP contribution is 2.39. The minimum atomic E-state index is -2.66. The van der Waals surface area contributed by atoms with E-state index in [2.05, 4.69) is 37.8 Å². The first-order valence-corrected chi connectivity index (χ1v) is 13.4. The van der Waals surface area contributed by atoms with E-state index in [4.69, 9.17) is 0 Å². The molecule has 2 aliphatic rings. The molecule has 5 rings (SSSR count). The molecule has 0 radical (unpaired) electrons. The van der Waals surface area contributed by atoms with Gasteiger partial charge in [0, 0.05) is 51.0 Å². The Kier molecular flexibility index (Phi) is 5.75. The van der Waals surface area contributed by atoms with Gasteiger partial charge in [0.15, 0.2) is 15.8 Å². The van der Waals surface area contributed by atoms with Crippen LogP contribution in [-0.4, -0.2) is 52.9 Å². The van der Waals surface area contributed by atoms with E-state index in [0.29, 0.717) is 23.9 Å². The fraction of sp³-hybridized carbons (Fsp3) is 0.550. The number of hydrogen-bond acceptors (Lipinski definition) is 8. The topological polar surface area (TPSA) is 75.4 Å². The Hall–Kier alpha value is -1.63. The number of anilines is 1. The van der Waals surface area contributed by atoms with Gasteiger partial charge in [0.2, 0.25) is 0 Å². The quantitative estimate of drug-likeness (QED) is 0.508. The molecule has 32 heavy (non-hydrogen) atoms. The minimum absolute atomic E-state index is 0.0535. The Bertz CT molecular complexity index is 1160. The Balaban J connectivity index is 1.58. The van der Waals surface area contributed by atoms with Crippen molar-refractivity contribution < 1.29 is 13.0 Å². The Morgan fingerprint density at radius 3 is 2.62 bits per heavy atom. The third-order valence-electron chi connectivity index (χ3n) is 5.92. The predicted octanol–water partition coefficient (Wildman–Crippen LogP) is 4.29. The molecule has 1 aliphatic heterocycles. The fourth-order valence-electron chi connectivity index (χ4n) is 3.84. The number of nitrogens with zero attached hydrogens (tertiary/aromatic N) is 5. The SMILES string of the molecule is CC1CN(c2cc(SNC3(C)CC3)cn3c(-c4nnc(C(F)F)s4)ncc23)CC(C)S1=O. The molecule has 12 heteroatoms. The summed E-state index contributed by atoms with van der Waals surface area (Å²) in [4.78, 5) is 7.76. The zero-order valence-electron chi connectivity index (χ0n) is 17.9. The van der Waals surface area contributed by atoms with Crippen molar-refractivity contribution in [1.29, 1.82) is 0 Å². The van der Waals surface area contributed by atoms with Crippen molar-refractivity contribution in [2.75, 3.05) is 18.0 Å². The molecule has 0 aromatic carbocycles. The van der Waals surface area contributed by atoms with Gasteiger partial charge in [-0.3, -0.25) is 13.3 Å². The van der Waals surface area contributed by atoms with Crippen molar-refractivity contribution in [2.45, 2.75) is 61.0 Å². The molecule has 0 amide bonds. The molecule has 3 aromatic rings. The van der Waals surface area contributed by atoms with E-state index in [1.54, 1.807) is 18.1 Å². The van der Waals surface area contributed by atoms with Gasteiger partial charge in [-0.05, 0) is 51.6 Å². The Labute approximate surface area is 195 Å². The summed E-state index contributed by atoms with van der Waals surface area (Å²) in [6.45, 7) is 7.58. The summed E-state index contributed by atoms with van der Waals surface area (Å²) in [5.41, 5.74) is 2.00. The molecule has 1 saturated carbocycles. The second-order valence-electron chi connectivity index (χ2n) is 8.76. The highest BCUT2D eigenvalue weighted by molar-refractivity contribution is 7.97. The lowest BCUT2D eigenvalue weighted by Gasteiger charge is -2.36. The average Bonchev–Trinajstić information content (AvgIpc) is 3.15. The van der Waals surface area contributed by atoms with Crippen molar-refractivity contribution in [1.82, 2.24) is 24.3 Å². The lowest BCUT2D eigenvalue weighted by atomic mass is 10.2. The van der Waals surface area contributed by atoms with Crippen LogP contribution in [0.3, 0.4) is 0 Å². The Morgan fingerprint density at radius 2 is 2.00 bits per heavy atom. The number of pyridine rings is 1. The van der Waals surface area contributed by atoms with Crippen LogP contribution in [0.2, 0.25) is 0 Å². The third-order valence-corrected chi connectivity index (χ3v) is 9.78. The summed E-state index contributed by atoms with van der Waals surface area (Å²) in [5.74, 6) is 0.493. The summed E-state index contributed by atoms with van der Waals surface area (Å²) in [7, 11) is -0.866. The molecule has 2 unspecified atom stereocenters. The van der Waals surface area contributed by atoms with E-state index in [1.807, 2.05) is 24.4 Å². The first-order chi connectivity index (χ1) is 15.2. The zero-order valence-corrected chi connectivity index (χ0v) is 20.4. The van der Waals surface area contributed by atoms with Crippen molar-refractivity contribution in [2.24, 2.45) is 0 Å². The molecular formula is C20H24F2N6OS3. The van der Waals surface area contributed by atoms with E-state index in [9.17, 15) is 13.0 Å². The predicted molar refractivity (Wildman–Crippen MR) is 125 cm³/mol. The number of rotatable bonds is 6. The monoisotopic (exact) mass is 498 g/mol. The van der Waals surface area contributed by atoms with Crippen LogP contribution in [0.25, 0.3) is 16.3 Å². The van der Waals surface area contributed by atoms with Crippen molar-refractivity contribution in [3.63, 3.8) is 0 Å². The van der Waals surface area contributed by atoms with E-state index in [0.717, 1.165) is 40.3 Å². The lowest BCUT2D eigenvalue weighted by molar-refractivity contribution is 0.150. The first kappa shape index (κ1) is 22.2. The molecule has 1 aliphatic carbocycles. The van der Waals surface area contributed by atoms with Crippen LogP contribution >= 0.6 is 23.3 Å². The molecule has 172 valence electrons.